The minimum absolute atomic E-state index is 0.310. The van der Waals surface area contributed by atoms with Crippen molar-refractivity contribution in [2.24, 2.45) is 0 Å². The van der Waals surface area contributed by atoms with Crippen LogP contribution in [0.1, 0.15) is 16.0 Å². The molecule has 0 aliphatic rings. The van der Waals surface area contributed by atoms with Crippen LogP contribution in [0.5, 0.6) is 0 Å². The van der Waals surface area contributed by atoms with Crippen LogP contribution >= 0.6 is 43.2 Å². The van der Waals surface area contributed by atoms with Crippen LogP contribution < -0.4 is 0 Å². The van der Waals surface area contributed by atoms with Gasteiger partial charge in [0.05, 0.1) is 4.83 Å². The van der Waals surface area contributed by atoms with Gasteiger partial charge < -0.3 is 0 Å². The molecule has 1 atom stereocenters. The summed E-state index contributed by atoms with van der Waals surface area (Å²) in [5.74, 6) is -1.63. The number of fused-ring (bicyclic) bond motifs is 1. The van der Waals surface area contributed by atoms with E-state index >= 15 is 0 Å². The van der Waals surface area contributed by atoms with E-state index in [4.69, 9.17) is 0 Å². The van der Waals surface area contributed by atoms with Crippen molar-refractivity contribution in [3.63, 3.8) is 0 Å². The molecule has 1 heterocycles. The summed E-state index contributed by atoms with van der Waals surface area (Å²) < 4.78 is 29.4. The zero-order valence-corrected chi connectivity index (χ0v) is 14.0. The van der Waals surface area contributed by atoms with E-state index in [1.807, 2.05) is 23.6 Å². The van der Waals surface area contributed by atoms with Gasteiger partial charge in [-0.15, -0.1) is 11.3 Å². The van der Waals surface area contributed by atoms with Crippen LogP contribution in [0, 0.1) is 11.6 Å². The number of thiophene rings is 1. The second-order valence-corrected chi connectivity index (χ2v) is 6.96. The van der Waals surface area contributed by atoms with Crippen molar-refractivity contribution in [3.05, 3.63) is 69.0 Å². The molecule has 0 amide bonds. The third kappa shape index (κ3) is 2.32. The van der Waals surface area contributed by atoms with Crippen molar-refractivity contribution in [2.45, 2.75) is 4.83 Å². The largest absolute Gasteiger partial charge is 0.204 e. The predicted octanol–water partition coefficient (Wildman–Crippen LogP) is 6.43. The molecule has 1 unspecified atom stereocenters. The quantitative estimate of drug-likeness (QED) is 0.421. The first-order chi connectivity index (χ1) is 9.59. The van der Waals surface area contributed by atoms with Gasteiger partial charge in [0.25, 0.3) is 0 Å². The summed E-state index contributed by atoms with van der Waals surface area (Å²) in [5.41, 5.74) is 1.25. The minimum Gasteiger partial charge on any atom is -0.204 e. The van der Waals surface area contributed by atoms with Crippen molar-refractivity contribution in [3.8, 4) is 0 Å². The van der Waals surface area contributed by atoms with Crippen LogP contribution in [-0.2, 0) is 0 Å². The number of hydrogen-bond donors (Lipinski definition) is 0. The van der Waals surface area contributed by atoms with Gasteiger partial charge in [0, 0.05) is 14.7 Å². The van der Waals surface area contributed by atoms with Gasteiger partial charge in [0.2, 0.25) is 0 Å². The molecule has 0 aliphatic carbocycles. The summed E-state index contributed by atoms with van der Waals surface area (Å²) in [4.78, 5) is -0.374. The van der Waals surface area contributed by atoms with Crippen LogP contribution in [0.25, 0.3) is 10.1 Å². The van der Waals surface area contributed by atoms with Crippen molar-refractivity contribution in [1.82, 2.24) is 0 Å². The number of halogens is 4. The first-order valence-corrected chi connectivity index (χ1v) is 8.42. The molecule has 0 spiro atoms. The highest BCUT2D eigenvalue weighted by atomic mass is 79.9. The molecule has 1 aromatic heterocycles. The highest BCUT2D eigenvalue weighted by molar-refractivity contribution is 9.10. The van der Waals surface area contributed by atoms with Gasteiger partial charge in [-0.1, -0.05) is 40.2 Å². The molecule has 3 rings (SSSR count). The zero-order chi connectivity index (χ0) is 14.3. The van der Waals surface area contributed by atoms with Crippen LogP contribution in [0.3, 0.4) is 0 Å². The molecule has 0 fully saturated rings. The van der Waals surface area contributed by atoms with Gasteiger partial charge in [-0.2, -0.15) is 0 Å². The summed E-state index contributed by atoms with van der Waals surface area (Å²) in [6.45, 7) is 0. The second kappa shape index (κ2) is 5.54. The van der Waals surface area contributed by atoms with Gasteiger partial charge in [-0.05, 0) is 44.4 Å². The van der Waals surface area contributed by atoms with Gasteiger partial charge in [-0.25, -0.2) is 8.78 Å². The average Bonchev–Trinajstić information content (AvgIpc) is 2.86. The lowest BCUT2D eigenvalue weighted by Gasteiger charge is -2.11. The summed E-state index contributed by atoms with van der Waals surface area (Å²) in [6, 6.07) is 10.1. The lowest BCUT2D eigenvalue weighted by Crippen LogP contribution is -1.98. The fourth-order valence-electron chi connectivity index (χ4n) is 2.12. The Morgan fingerprint density at radius 1 is 1.00 bits per heavy atom. The fourth-order valence-corrected chi connectivity index (χ4v) is 4.68. The maximum atomic E-state index is 13.9. The Morgan fingerprint density at radius 3 is 2.55 bits per heavy atom. The maximum absolute atomic E-state index is 13.9. The highest BCUT2D eigenvalue weighted by Gasteiger charge is 2.20. The van der Waals surface area contributed by atoms with E-state index < -0.39 is 11.6 Å². The van der Waals surface area contributed by atoms with Gasteiger partial charge in [0.15, 0.2) is 11.6 Å². The number of benzene rings is 2. The van der Waals surface area contributed by atoms with Crippen molar-refractivity contribution >= 4 is 53.3 Å². The molecule has 20 heavy (non-hydrogen) atoms. The van der Waals surface area contributed by atoms with E-state index in [9.17, 15) is 8.78 Å². The Bertz CT molecular complexity index is 783. The van der Waals surface area contributed by atoms with Crippen LogP contribution in [-0.4, -0.2) is 0 Å². The van der Waals surface area contributed by atoms with E-state index in [1.165, 1.54) is 6.07 Å². The fraction of sp³-hybridized carbons (Fsp3) is 0.0667. The Hall–Kier alpha value is -0.780. The molecule has 0 N–H and O–H groups in total. The molecule has 3 aromatic rings. The van der Waals surface area contributed by atoms with E-state index in [0.29, 0.717) is 5.56 Å². The molecular formula is C15H8Br2F2S. The lowest BCUT2D eigenvalue weighted by molar-refractivity contribution is 0.500. The summed E-state index contributed by atoms with van der Waals surface area (Å²) >= 11 is 8.57. The first-order valence-electron chi connectivity index (χ1n) is 5.83. The number of rotatable bonds is 2. The molecule has 0 bridgehead atoms. The second-order valence-electron chi connectivity index (χ2n) is 4.31. The van der Waals surface area contributed by atoms with Crippen molar-refractivity contribution < 1.29 is 8.78 Å². The van der Waals surface area contributed by atoms with Gasteiger partial charge in [-0.3, -0.25) is 0 Å². The summed E-state index contributed by atoms with van der Waals surface area (Å²) in [5, 5.41) is 3.01. The SMILES string of the molecule is Fc1cccc(C(Br)c2csc3c(Br)cccc23)c1F. The molecular weight excluding hydrogens is 410 g/mol. The van der Waals surface area contributed by atoms with E-state index in [-0.39, 0.29) is 4.83 Å². The number of hydrogen-bond acceptors (Lipinski definition) is 1. The topological polar surface area (TPSA) is 0 Å². The Labute approximate surface area is 135 Å². The molecule has 0 saturated heterocycles. The number of alkyl halides is 1. The standard InChI is InChI=1S/C15H8Br2F2S/c16-11-5-1-3-8-10(7-20-15(8)11)13(17)9-4-2-6-12(18)14(9)19/h1-7,13H. The molecule has 0 saturated carbocycles. The monoisotopic (exact) mass is 416 g/mol. The lowest BCUT2D eigenvalue weighted by atomic mass is 10.0. The minimum atomic E-state index is -0.826. The zero-order valence-electron chi connectivity index (χ0n) is 10.0. The van der Waals surface area contributed by atoms with Crippen molar-refractivity contribution in [2.75, 3.05) is 0 Å². The third-order valence-corrected chi connectivity index (χ3v) is 6.07. The average molecular weight is 418 g/mol. The van der Waals surface area contributed by atoms with Crippen LogP contribution in [0.15, 0.2) is 46.3 Å². The van der Waals surface area contributed by atoms with Crippen LogP contribution in [0.2, 0.25) is 0 Å². The van der Waals surface area contributed by atoms with Crippen LogP contribution in [0.4, 0.5) is 8.78 Å². The molecule has 102 valence electrons. The summed E-state index contributed by atoms with van der Waals surface area (Å²) in [7, 11) is 0. The normalized spacial score (nSPS) is 12.8. The third-order valence-electron chi connectivity index (χ3n) is 3.11. The molecule has 0 radical (unpaired) electrons. The van der Waals surface area contributed by atoms with E-state index in [0.717, 1.165) is 26.2 Å². The first kappa shape index (κ1) is 14.2. The Balaban J connectivity index is 2.16. The van der Waals surface area contributed by atoms with Crippen molar-refractivity contribution in [1.29, 1.82) is 0 Å². The Kier molecular flexibility index (Phi) is 3.93. The predicted molar refractivity (Wildman–Crippen MR) is 86.7 cm³/mol. The molecule has 2 aromatic carbocycles. The smallest absolute Gasteiger partial charge is 0.163 e. The molecule has 5 heteroatoms. The maximum Gasteiger partial charge on any atom is 0.163 e. The van der Waals surface area contributed by atoms with Gasteiger partial charge >= 0.3 is 0 Å². The Morgan fingerprint density at radius 2 is 1.75 bits per heavy atom. The van der Waals surface area contributed by atoms with Gasteiger partial charge in [0.1, 0.15) is 0 Å². The molecule has 0 aliphatic heterocycles. The summed E-state index contributed by atoms with van der Waals surface area (Å²) in [6.07, 6.45) is 0. The highest BCUT2D eigenvalue weighted by Crippen LogP contribution is 2.41. The van der Waals surface area contributed by atoms with E-state index in [1.54, 1.807) is 17.4 Å². The van der Waals surface area contributed by atoms with E-state index in [2.05, 4.69) is 31.9 Å². The molecule has 0 nitrogen and oxygen atoms in total.